The summed E-state index contributed by atoms with van der Waals surface area (Å²) >= 11 is 0. The monoisotopic (exact) mass is 398 g/mol. The first kappa shape index (κ1) is 19.7. The molecule has 1 N–H and O–H groups in total. The molecule has 7 nitrogen and oxygen atoms in total. The molecule has 0 spiro atoms. The molecule has 2 fully saturated rings. The first-order valence-corrected chi connectivity index (χ1v) is 10.2. The van der Waals surface area contributed by atoms with Crippen LogP contribution in [0.15, 0.2) is 24.3 Å². The number of nitrogens with zero attached hydrogens (tertiary/aromatic N) is 3. The maximum Gasteiger partial charge on any atom is 0.410 e. The van der Waals surface area contributed by atoms with E-state index >= 15 is 0 Å². The van der Waals surface area contributed by atoms with E-state index in [9.17, 15) is 9.59 Å². The number of hydrogen-bond donors (Lipinski definition) is 1. The van der Waals surface area contributed by atoms with Gasteiger partial charge in [-0.3, -0.25) is 9.48 Å². The highest BCUT2D eigenvalue weighted by Gasteiger charge is 2.61. The summed E-state index contributed by atoms with van der Waals surface area (Å²) in [4.78, 5) is 26.9. The molecule has 1 aliphatic heterocycles. The molecule has 1 saturated heterocycles. The van der Waals surface area contributed by atoms with E-state index in [4.69, 9.17) is 4.74 Å². The predicted molar refractivity (Wildman–Crippen MR) is 110 cm³/mol. The van der Waals surface area contributed by atoms with Gasteiger partial charge in [0.15, 0.2) is 0 Å². The Morgan fingerprint density at radius 2 is 1.72 bits per heavy atom. The van der Waals surface area contributed by atoms with E-state index in [0.717, 1.165) is 16.6 Å². The number of nitrogens with one attached hydrogen (secondary N) is 1. The third kappa shape index (κ3) is 3.58. The number of ether oxygens (including phenoxy) is 1. The summed E-state index contributed by atoms with van der Waals surface area (Å²) in [5.74, 6) is 0.448. The van der Waals surface area contributed by atoms with E-state index in [1.807, 2.05) is 70.6 Å². The van der Waals surface area contributed by atoms with Gasteiger partial charge in [-0.1, -0.05) is 18.2 Å². The van der Waals surface area contributed by atoms with Gasteiger partial charge < -0.3 is 15.0 Å². The van der Waals surface area contributed by atoms with Gasteiger partial charge in [-0.2, -0.15) is 5.10 Å². The van der Waals surface area contributed by atoms with E-state index in [-0.39, 0.29) is 29.8 Å². The second-order valence-electron chi connectivity index (χ2n) is 9.84. The zero-order chi connectivity index (χ0) is 21.1. The average Bonchev–Trinajstić information content (AvgIpc) is 2.95. The van der Waals surface area contributed by atoms with Crippen LogP contribution in [0, 0.1) is 17.8 Å². The Morgan fingerprint density at radius 1 is 1.10 bits per heavy atom. The van der Waals surface area contributed by atoms with Crippen LogP contribution >= 0.6 is 0 Å². The Balaban J connectivity index is 1.41. The van der Waals surface area contributed by atoms with Crippen molar-refractivity contribution in [2.75, 3.05) is 13.1 Å². The number of para-hydroxylation sites is 1. The number of benzene rings is 1. The second kappa shape index (κ2) is 6.47. The van der Waals surface area contributed by atoms with Crippen molar-refractivity contribution in [1.82, 2.24) is 20.0 Å². The number of piperidine rings is 1. The zero-order valence-electron chi connectivity index (χ0n) is 18.0. The standard InChI is InChI=1S/C22H30N4O3/c1-21(2,3)29-20(28)26-11-14-15(12-26)17(14)19(27)23-22(4,5)18-13-9-7-8-10-16(13)25(6)24-18/h7-10,14-15,17H,11-12H2,1-6H3,(H,23,27)/t14-,15+,17?. The van der Waals surface area contributed by atoms with E-state index in [1.54, 1.807) is 4.90 Å². The number of carbonyl (C=O) groups is 2. The molecular formula is C22H30N4O3. The molecule has 1 aromatic carbocycles. The van der Waals surface area contributed by atoms with Gasteiger partial charge in [0, 0.05) is 31.4 Å². The number of aromatic nitrogens is 2. The summed E-state index contributed by atoms with van der Waals surface area (Å²) in [5, 5.41) is 8.92. The molecule has 7 heteroatoms. The average molecular weight is 399 g/mol. The fraction of sp³-hybridized carbons (Fsp3) is 0.591. The summed E-state index contributed by atoms with van der Waals surface area (Å²) in [6.07, 6.45) is -0.288. The summed E-state index contributed by atoms with van der Waals surface area (Å²) in [6, 6.07) is 8.04. The molecule has 1 aromatic heterocycles. The molecule has 0 bridgehead atoms. The summed E-state index contributed by atoms with van der Waals surface area (Å²) in [7, 11) is 1.92. The lowest BCUT2D eigenvalue weighted by Crippen LogP contribution is -2.44. The largest absolute Gasteiger partial charge is 0.444 e. The highest BCUT2D eigenvalue weighted by molar-refractivity contribution is 5.86. The molecule has 2 aliphatic rings. The Bertz CT molecular complexity index is 960. The van der Waals surface area contributed by atoms with Crippen molar-refractivity contribution >= 4 is 22.9 Å². The highest BCUT2D eigenvalue weighted by Crippen LogP contribution is 2.52. The first-order valence-electron chi connectivity index (χ1n) is 10.2. The minimum Gasteiger partial charge on any atom is -0.444 e. The van der Waals surface area contributed by atoms with Crippen LogP contribution in [0.4, 0.5) is 4.79 Å². The van der Waals surface area contributed by atoms with Crippen molar-refractivity contribution in [3.8, 4) is 0 Å². The van der Waals surface area contributed by atoms with Crippen molar-refractivity contribution in [1.29, 1.82) is 0 Å². The fourth-order valence-corrected chi connectivity index (χ4v) is 4.52. The molecule has 2 amide bonds. The van der Waals surface area contributed by atoms with E-state index in [0.29, 0.717) is 13.1 Å². The zero-order valence-corrected chi connectivity index (χ0v) is 18.0. The normalized spacial score (nSPS) is 23.8. The van der Waals surface area contributed by atoms with Crippen LogP contribution < -0.4 is 5.32 Å². The number of amides is 2. The van der Waals surface area contributed by atoms with E-state index in [2.05, 4.69) is 10.4 Å². The van der Waals surface area contributed by atoms with Crippen LogP contribution in [0.1, 0.15) is 40.3 Å². The van der Waals surface area contributed by atoms with Crippen molar-refractivity contribution < 1.29 is 14.3 Å². The quantitative estimate of drug-likeness (QED) is 0.862. The molecule has 1 unspecified atom stereocenters. The topological polar surface area (TPSA) is 76.5 Å². The fourth-order valence-electron chi connectivity index (χ4n) is 4.52. The molecule has 4 rings (SSSR count). The molecule has 2 aromatic rings. The molecular weight excluding hydrogens is 368 g/mol. The molecule has 1 saturated carbocycles. The minimum atomic E-state index is -0.584. The van der Waals surface area contributed by atoms with Crippen LogP contribution in [0.3, 0.4) is 0 Å². The van der Waals surface area contributed by atoms with Gasteiger partial charge in [0.25, 0.3) is 0 Å². The molecule has 1 aliphatic carbocycles. The van der Waals surface area contributed by atoms with Crippen molar-refractivity contribution in [2.24, 2.45) is 24.8 Å². The lowest BCUT2D eigenvalue weighted by atomic mass is 9.96. The van der Waals surface area contributed by atoms with Gasteiger partial charge in [-0.15, -0.1) is 0 Å². The van der Waals surface area contributed by atoms with Crippen LogP contribution in [-0.4, -0.2) is 45.4 Å². The van der Waals surface area contributed by atoms with E-state index in [1.165, 1.54) is 0 Å². The van der Waals surface area contributed by atoms with Crippen LogP contribution in [0.25, 0.3) is 10.9 Å². The lowest BCUT2D eigenvalue weighted by Gasteiger charge is -2.27. The van der Waals surface area contributed by atoms with Crippen molar-refractivity contribution in [2.45, 2.75) is 45.8 Å². The van der Waals surface area contributed by atoms with Gasteiger partial charge >= 0.3 is 6.09 Å². The number of carbonyl (C=O) groups excluding carboxylic acids is 2. The van der Waals surface area contributed by atoms with Gasteiger partial charge in [-0.25, -0.2) is 4.79 Å². The van der Waals surface area contributed by atoms with Crippen molar-refractivity contribution in [3.63, 3.8) is 0 Å². The Morgan fingerprint density at radius 3 is 2.34 bits per heavy atom. The van der Waals surface area contributed by atoms with Crippen molar-refractivity contribution in [3.05, 3.63) is 30.0 Å². The number of rotatable bonds is 3. The maximum absolute atomic E-state index is 13.0. The maximum atomic E-state index is 13.0. The van der Waals surface area contributed by atoms with Gasteiger partial charge in [0.05, 0.1) is 16.7 Å². The lowest BCUT2D eigenvalue weighted by molar-refractivity contribution is -0.125. The Kier molecular flexibility index (Phi) is 4.40. The Hall–Kier alpha value is -2.57. The number of hydrogen-bond acceptors (Lipinski definition) is 4. The van der Waals surface area contributed by atoms with Crippen LogP contribution in [0.2, 0.25) is 0 Å². The molecule has 29 heavy (non-hydrogen) atoms. The second-order valence-corrected chi connectivity index (χ2v) is 9.84. The van der Waals surface area contributed by atoms with E-state index < -0.39 is 11.1 Å². The third-order valence-corrected chi connectivity index (χ3v) is 5.93. The Labute approximate surface area is 171 Å². The predicted octanol–water partition coefficient (Wildman–Crippen LogP) is 3.04. The highest BCUT2D eigenvalue weighted by atomic mass is 16.6. The number of aryl methyl sites for hydroxylation is 1. The SMILES string of the molecule is Cn1nc(C(C)(C)NC(=O)C2[C@H]3CN(C(=O)OC(C)(C)C)C[C@@H]23)c2ccccc21. The number of likely N-dealkylation sites (tertiary alicyclic amines) is 1. The van der Waals surface area contributed by atoms with Crippen LogP contribution in [0.5, 0.6) is 0 Å². The molecule has 3 atom stereocenters. The number of fused-ring (bicyclic) bond motifs is 2. The first-order chi connectivity index (χ1) is 13.5. The van der Waals surface area contributed by atoms with Gasteiger partial charge in [0.2, 0.25) is 5.91 Å². The summed E-state index contributed by atoms with van der Waals surface area (Å²) in [6.45, 7) is 10.7. The van der Waals surface area contributed by atoms with Gasteiger partial charge in [0.1, 0.15) is 5.60 Å². The van der Waals surface area contributed by atoms with Gasteiger partial charge in [-0.05, 0) is 52.5 Å². The summed E-state index contributed by atoms with van der Waals surface area (Å²) in [5.41, 5.74) is 0.821. The summed E-state index contributed by atoms with van der Waals surface area (Å²) < 4.78 is 7.29. The molecule has 156 valence electrons. The van der Waals surface area contributed by atoms with Crippen LogP contribution in [-0.2, 0) is 22.1 Å². The molecule has 0 radical (unpaired) electrons. The smallest absolute Gasteiger partial charge is 0.410 e. The third-order valence-electron chi connectivity index (χ3n) is 5.93. The molecule has 2 heterocycles. The minimum absolute atomic E-state index is 0.0389.